The molecule has 96 valence electrons. The van der Waals surface area contributed by atoms with Crippen molar-refractivity contribution in [3.63, 3.8) is 0 Å². The van der Waals surface area contributed by atoms with Crippen molar-refractivity contribution in [3.05, 3.63) is 34.3 Å². The second-order valence-electron chi connectivity index (χ2n) is 5.14. The van der Waals surface area contributed by atoms with E-state index in [9.17, 15) is 0 Å². The van der Waals surface area contributed by atoms with Gasteiger partial charge in [-0.3, -0.25) is 0 Å². The summed E-state index contributed by atoms with van der Waals surface area (Å²) in [4.78, 5) is 4.61. The predicted molar refractivity (Wildman–Crippen MR) is 76.7 cm³/mol. The number of imidazole rings is 1. The summed E-state index contributed by atoms with van der Waals surface area (Å²) >= 11 is 3.55. The first kappa shape index (κ1) is 12.2. The minimum atomic E-state index is 0.682. The van der Waals surface area contributed by atoms with E-state index in [1.165, 1.54) is 31.2 Å². The van der Waals surface area contributed by atoms with E-state index in [1.807, 2.05) is 0 Å². The van der Waals surface area contributed by atoms with E-state index in [1.54, 1.807) is 0 Å². The van der Waals surface area contributed by atoms with Gasteiger partial charge in [-0.15, -0.1) is 0 Å². The number of halogens is 1. The van der Waals surface area contributed by atoms with E-state index < -0.39 is 0 Å². The second-order valence-corrected chi connectivity index (χ2v) is 5.89. The van der Waals surface area contributed by atoms with E-state index in [0.29, 0.717) is 6.04 Å². The molecule has 0 aliphatic heterocycles. The highest BCUT2D eigenvalue weighted by atomic mass is 79.9. The third-order valence-electron chi connectivity index (χ3n) is 3.73. The van der Waals surface area contributed by atoms with Gasteiger partial charge in [0.2, 0.25) is 0 Å². The largest absolute Gasteiger partial charge is 0.307 e. The van der Waals surface area contributed by atoms with E-state index >= 15 is 0 Å². The lowest BCUT2D eigenvalue weighted by Gasteiger charge is -2.10. The summed E-state index contributed by atoms with van der Waals surface area (Å²) in [6.45, 7) is 2.95. The molecule has 3 rings (SSSR count). The quantitative estimate of drug-likeness (QED) is 0.941. The molecule has 2 aromatic heterocycles. The standard InChI is InChI=1S/C14H18BrN3/c1-10-6-7-18-12(8-10)14(15)17-13(18)9-16-11-4-2-3-5-11/h6-8,11,16H,2-5,9H2,1H3. The molecular weight excluding hydrogens is 290 g/mol. The Morgan fingerprint density at radius 2 is 2.22 bits per heavy atom. The third-order valence-corrected chi connectivity index (χ3v) is 4.31. The van der Waals surface area contributed by atoms with Crippen LogP contribution in [0.4, 0.5) is 0 Å². The average molecular weight is 308 g/mol. The van der Waals surface area contributed by atoms with Crippen molar-refractivity contribution in [2.24, 2.45) is 0 Å². The van der Waals surface area contributed by atoms with Crippen molar-refractivity contribution in [3.8, 4) is 0 Å². The van der Waals surface area contributed by atoms with Crippen LogP contribution in [0, 0.1) is 6.92 Å². The lowest BCUT2D eigenvalue weighted by molar-refractivity contribution is 0.512. The van der Waals surface area contributed by atoms with Crippen LogP contribution in [-0.2, 0) is 6.54 Å². The Morgan fingerprint density at radius 1 is 1.44 bits per heavy atom. The van der Waals surface area contributed by atoms with Gasteiger partial charge in [-0.25, -0.2) is 4.98 Å². The maximum atomic E-state index is 4.61. The molecule has 0 bridgehead atoms. The average Bonchev–Trinajstić information content (AvgIpc) is 2.96. The van der Waals surface area contributed by atoms with Gasteiger partial charge in [0.1, 0.15) is 10.4 Å². The van der Waals surface area contributed by atoms with Crippen molar-refractivity contribution < 1.29 is 0 Å². The fourth-order valence-electron chi connectivity index (χ4n) is 2.70. The fourth-order valence-corrected chi connectivity index (χ4v) is 3.21. The molecule has 3 nitrogen and oxygen atoms in total. The number of nitrogens with one attached hydrogen (secondary N) is 1. The molecule has 0 saturated heterocycles. The second kappa shape index (κ2) is 5.02. The van der Waals surface area contributed by atoms with Gasteiger partial charge in [-0.2, -0.15) is 0 Å². The lowest BCUT2D eigenvalue weighted by atomic mass is 10.2. The predicted octanol–water partition coefficient (Wildman–Crippen LogP) is 3.44. The first-order valence-electron chi connectivity index (χ1n) is 6.60. The van der Waals surface area contributed by atoms with Crippen molar-refractivity contribution >= 4 is 21.4 Å². The number of pyridine rings is 1. The van der Waals surface area contributed by atoms with Crippen molar-refractivity contribution in [1.29, 1.82) is 0 Å². The Hall–Kier alpha value is -0.870. The summed E-state index contributed by atoms with van der Waals surface area (Å²) in [7, 11) is 0. The van der Waals surface area contributed by atoms with Crippen molar-refractivity contribution in [2.75, 3.05) is 0 Å². The van der Waals surface area contributed by atoms with Crippen LogP contribution >= 0.6 is 15.9 Å². The summed E-state index contributed by atoms with van der Waals surface area (Å²) in [5.74, 6) is 1.09. The minimum Gasteiger partial charge on any atom is -0.307 e. The molecule has 18 heavy (non-hydrogen) atoms. The molecule has 0 atom stereocenters. The number of hydrogen-bond donors (Lipinski definition) is 1. The van der Waals surface area contributed by atoms with E-state index in [-0.39, 0.29) is 0 Å². The Morgan fingerprint density at radius 3 is 3.00 bits per heavy atom. The van der Waals surface area contributed by atoms with Gasteiger partial charge >= 0.3 is 0 Å². The molecule has 0 radical (unpaired) electrons. The Labute approximate surface area is 116 Å². The molecule has 2 aromatic rings. The number of fused-ring (bicyclic) bond motifs is 1. The molecule has 0 spiro atoms. The molecule has 1 aliphatic carbocycles. The van der Waals surface area contributed by atoms with E-state index in [0.717, 1.165) is 22.5 Å². The first-order valence-corrected chi connectivity index (χ1v) is 7.40. The fraction of sp³-hybridized carbons (Fsp3) is 0.500. The molecule has 0 aromatic carbocycles. The van der Waals surface area contributed by atoms with Gasteiger partial charge in [-0.1, -0.05) is 12.8 Å². The summed E-state index contributed by atoms with van der Waals surface area (Å²) in [5, 5.41) is 3.61. The summed E-state index contributed by atoms with van der Waals surface area (Å²) in [5.41, 5.74) is 2.41. The molecule has 1 saturated carbocycles. The van der Waals surface area contributed by atoms with Gasteiger partial charge in [0.15, 0.2) is 0 Å². The number of rotatable bonds is 3. The highest BCUT2D eigenvalue weighted by Crippen LogP contribution is 2.21. The van der Waals surface area contributed by atoms with Gasteiger partial charge in [0.25, 0.3) is 0 Å². The number of nitrogens with zero attached hydrogens (tertiary/aromatic N) is 2. The van der Waals surface area contributed by atoms with Crippen LogP contribution in [0.15, 0.2) is 22.9 Å². The van der Waals surface area contributed by atoms with E-state index in [2.05, 4.69) is 55.9 Å². The highest BCUT2D eigenvalue weighted by Gasteiger charge is 2.15. The zero-order valence-corrected chi connectivity index (χ0v) is 12.2. The molecule has 1 fully saturated rings. The van der Waals surface area contributed by atoms with Gasteiger partial charge in [0, 0.05) is 12.2 Å². The molecule has 0 amide bonds. The monoisotopic (exact) mass is 307 g/mol. The lowest BCUT2D eigenvalue weighted by Crippen LogP contribution is -2.26. The maximum Gasteiger partial charge on any atom is 0.132 e. The highest BCUT2D eigenvalue weighted by molar-refractivity contribution is 9.10. The topological polar surface area (TPSA) is 29.3 Å². The SMILES string of the molecule is Cc1ccn2c(CNC3CCCC3)nc(Br)c2c1. The van der Waals surface area contributed by atoms with Crippen molar-refractivity contribution in [1.82, 2.24) is 14.7 Å². The van der Waals surface area contributed by atoms with Crippen LogP contribution in [0.3, 0.4) is 0 Å². The summed E-state index contributed by atoms with van der Waals surface area (Å²) < 4.78 is 3.10. The smallest absolute Gasteiger partial charge is 0.132 e. The summed E-state index contributed by atoms with van der Waals surface area (Å²) in [6, 6.07) is 4.97. The van der Waals surface area contributed by atoms with Crippen LogP contribution in [0.1, 0.15) is 37.1 Å². The summed E-state index contributed by atoms with van der Waals surface area (Å²) in [6.07, 6.45) is 7.45. The zero-order valence-electron chi connectivity index (χ0n) is 10.6. The van der Waals surface area contributed by atoms with Crippen LogP contribution in [0.25, 0.3) is 5.52 Å². The van der Waals surface area contributed by atoms with Gasteiger partial charge in [0.05, 0.1) is 12.1 Å². The molecular formula is C14H18BrN3. The van der Waals surface area contributed by atoms with Gasteiger partial charge < -0.3 is 9.72 Å². The van der Waals surface area contributed by atoms with Gasteiger partial charge in [-0.05, 0) is 53.4 Å². The van der Waals surface area contributed by atoms with Crippen LogP contribution < -0.4 is 5.32 Å². The number of aromatic nitrogens is 2. The van der Waals surface area contributed by atoms with Crippen LogP contribution in [0.2, 0.25) is 0 Å². The molecule has 1 N–H and O–H groups in total. The normalized spacial score (nSPS) is 16.8. The number of hydrogen-bond acceptors (Lipinski definition) is 2. The Kier molecular flexibility index (Phi) is 3.39. The van der Waals surface area contributed by atoms with Crippen molar-refractivity contribution in [2.45, 2.75) is 45.2 Å². The van der Waals surface area contributed by atoms with E-state index in [4.69, 9.17) is 0 Å². The molecule has 4 heteroatoms. The first-order chi connectivity index (χ1) is 8.74. The Bertz CT molecular complexity index is 555. The molecule has 2 heterocycles. The number of aryl methyl sites for hydroxylation is 1. The molecule has 1 aliphatic rings. The van der Waals surface area contributed by atoms with Crippen LogP contribution in [-0.4, -0.2) is 15.4 Å². The molecule has 0 unspecified atom stereocenters. The third kappa shape index (κ3) is 2.31. The minimum absolute atomic E-state index is 0.682. The van der Waals surface area contributed by atoms with Crippen LogP contribution in [0.5, 0.6) is 0 Å². The zero-order chi connectivity index (χ0) is 12.5. The Balaban J connectivity index is 1.83. The maximum absolute atomic E-state index is 4.61.